The van der Waals surface area contributed by atoms with E-state index in [1.165, 1.54) is 0 Å². The second-order valence-electron chi connectivity index (χ2n) is 3.89. The van der Waals surface area contributed by atoms with Gasteiger partial charge in [-0.3, -0.25) is 0 Å². The molecule has 0 aliphatic rings. The topological polar surface area (TPSA) is 26.0 Å². The highest BCUT2D eigenvalue weighted by molar-refractivity contribution is 5.38. The van der Waals surface area contributed by atoms with Gasteiger partial charge in [0.15, 0.2) is 0 Å². The molecule has 2 aromatic rings. The van der Waals surface area contributed by atoms with Gasteiger partial charge in [0, 0.05) is 10.9 Å². The predicted octanol–water partition coefficient (Wildman–Crippen LogP) is 1.47. The van der Waals surface area contributed by atoms with Crippen LogP contribution in [0.4, 0.5) is 0 Å². The first kappa shape index (κ1) is 10.5. The first-order valence-corrected chi connectivity index (χ1v) is 5.30. The maximum absolute atomic E-state index is 5.90. The molecule has 0 heterocycles. The highest BCUT2D eigenvalue weighted by Crippen LogP contribution is 1.90. The van der Waals surface area contributed by atoms with Gasteiger partial charge in [0.2, 0.25) is 0 Å². The number of nitrogens with two attached hydrogens (primary N) is 1. The molecule has 0 saturated heterocycles. The maximum Gasteiger partial charge on any atom is 0.0129 e. The molecule has 0 aliphatic heterocycles. The van der Waals surface area contributed by atoms with Crippen LogP contribution in [-0.2, 0) is 0 Å². The third-order valence-corrected chi connectivity index (χ3v) is 2.66. The molecule has 2 N–H and O–H groups in total. The molecule has 1 heteroatoms. The van der Waals surface area contributed by atoms with Crippen molar-refractivity contribution in [3.05, 3.63) is 69.4 Å². The number of hydrogen-bond acceptors (Lipinski definition) is 1. The van der Waals surface area contributed by atoms with Crippen molar-refractivity contribution in [3.8, 4) is 0 Å². The highest BCUT2D eigenvalue weighted by Gasteiger charge is 1.89. The van der Waals surface area contributed by atoms with Gasteiger partial charge in [0.05, 0.1) is 0 Å². The normalized spacial score (nSPS) is 14.6. The van der Waals surface area contributed by atoms with Crippen molar-refractivity contribution in [2.24, 2.45) is 5.73 Å². The van der Waals surface area contributed by atoms with Crippen LogP contribution >= 0.6 is 0 Å². The van der Waals surface area contributed by atoms with Crippen molar-refractivity contribution in [2.45, 2.75) is 6.92 Å². The molecule has 0 amide bonds. The van der Waals surface area contributed by atoms with Gasteiger partial charge in [0.1, 0.15) is 0 Å². The van der Waals surface area contributed by atoms with Gasteiger partial charge < -0.3 is 5.73 Å². The quantitative estimate of drug-likeness (QED) is 0.698. The second-order valence-corrected chi connectivity index (χ2v) is 3.89. The Morgan fingerprint density at radius 2 is 1.50 bits per heavy atom. The molecular formula is C15H15N. The molecule has 0 atom stereocenters. The zero-order chi connectivity index (χ0) is 11.5. The third kappa shape index (κ3) is 1.84. The van der Waals surface area contributed by atoms with Gasteiger partial charge in [0.25, 0.3) is 0 Å². The number of hydrogen-bond donors (Lipinski definition) is 1. The van der Waals surface area contributed by atoms with Gasteiger partial charge in [-0.1, -0.05) is 55.1 Å². The Morgan fingerprint density at radius 1 is 0.938 bits per heavy atom. The Kier molecular flexibility index (Phi) is 2.78. The molecule has 0 fully saturated rings. The van der Waals surface area contributed by atoms with Crippen molar-refractivity contribution in [1.82, 2.24) is 0 Å². The predicted molar refractivity (Wildman–Crippen MR) is 68.6 cm³/mol. The van der Waals surface area contributed by atoms with E-state index in [9.17, 15) is 0 Å². The van der Waals surface area contributed by atoms with Gasteiger partial charge >= 0.3 is 0 Å². The summed E-state index contributed by atoms with van der Waals surface area (Å²) in [5.41, 5.74) is 6.73. The van der Waals surface area contributed by atoms with E-state index in [2.05, 4.69) is 18.7 Å². The Hall–Kier alpha value is -2.02. The molecule has 2 rings (SSSR count). The molecule has 0 saturated carbocycles. The highest BCUT2D eigenvalue weighted by atomic mass is 14.5. The van der Waals surface area contributed by atoms with Crippen molar-refractivity contribution in [3.63, 3.8) is 0 Å². The molecule has 2 aromatic carbocycles. The van der Waals surface area contributed by atoms with Crippen LogP contribution < -0.4 is 16.2 Å². The molecule has 0 bridgehead atoms. The number of rotatable bonds is 0. The van der Waals surface area contributed by atoms with Gasteiger partial charge in [-0.05, 0) is 22.6 Å². The Labute approximate surface area is 94.9 Å². The minimum Gasteiger partial charge on any atom is -0.402 e. The summed E-state index contributed by atoms with van der Waals surface area (Å²) in [7, 11) is 0. The van der Waals surface area contributed by atoms with Gasteiger partial charge in [-0.15, -0.1) is 0 Å². The average Bonchev–Trinajstić information content (AvgIpc) is 2.29. The van der Waals surface area contributed by atoms with Crippen LogP contribution in [0.25, 0.3) is 12.3 Å². The summed E-state index contributed by atoms with van der Waals surface area (Å²) in [5, 5.41) is 4.39. The summed E-state index contributed by atoms with van der Waals surface area (Å²) >= 11 is 0. The van der Waals surface area contributed by atoms with Crippen LogP contribution in [0.2, 0.25) is 0 Å². The van der Waals surface area contributed by atoms with Crippen molar-refractivity contribution < 1.29 is 0 Å². The molecule has 0 unspecified atom stereocenters. The van der Waals surface area contributed by atoms with E-state index in [-0.39, 0.29) is 0 Å². The Morgan fingerprint density at radius 3 is 2.12 bits per heavy atom. The largest absolute Gasteiger partial charge is 0.402 e. The fourth-order valence-corrected chi connectivity index (χ4v) is 1.84. The van der Waals surface area contributed by atoms with E-state index in [1.54, 1.807) is 0 Å². The van der Waals surface area contributed by atoms with Crippen molar-refractivity contribution in [1.29, 1.82) is 0 Å². The van der Waals surface area contributed by atoms with Crippen LogP contribution in [-0.4, -0.2) is 0 Å². The van der Waals surface area contributed by atoms with E-state index in [0.717, 1.165) is 26.6 Å². The summed E-state index contributed by atoms with van der Waals surface area (Å²) in [6, 6.07) is 16.2. The molecule has 0 radical (unpaired) electrons. The monoisotopic (exact) mass is 209 g/mol. The lowest BCUT2D eigenvalue weighted by atomic mass is 10.1. The fourth-order valence-electron chi connectivity index (χ4n) is 1.84. The van der Waals surface area contributed by atoms with E-state index in [1.807, 2.05) is 43.3 Å². The summed E-state index contributed by atoms with van der Waals surface area (Å²) in [4.78, 5) is 0. The Balaban J connectivity index is 3.19. The standard InChI is InChI=1S/C15H15N/c1-11-7-3-4-8-13(11)15-10-6-5-9-14(15)12(2)16/h3-10H,1,16H2,2H3/b14-12+,15-13-. The fraction of sp³-hybridized carbons (Fsp3) is 0.0667. The number of benzene rings is 2. The van der Waals surface area contributed by atoms with Crippen LogP contribution in [0.5, 0.6) is 0 Å². The van der Waals surface area contributed by atoms with Crippen LogP contribution in [0.15, 0.2) is 48.5 Å². The molecule has 1 nitrogen and oxygen atoms in total. The molecule has 16 heavy (non-hydrogen) atoms. The lowest BCUT2D eigenvalue weighted by Crippen LogP contribution is -2.14. The van der Waals surface area contributed by atoms with Crippen LogP contribution in [0, 0.1) is 10.4 Å². The molecule has 0 spiro atoms. The zero-order valence-corrected chi connectivity index (χ0v) is 9.40. The summed E-state index contributed by atoms with van der Waals surface area (Å²) in [5.74, 6) is 0. The van der Waals surface area contributed by atoms with Crippen LogP contribution in [0.1, 0.15) is 6.92 Å². The summed E-state index contributed by atoms with van der Waals surface area (Å²) in [6.45, 7) is 5.97. The lowest BCUT2D eigenvalue weighted by molar-refractivity contribution is 1.36. The molecule has 0 aliphatic carbocycles. The molecule has 0 aromatic heterocycles. The second kappa shape index (κ2) is 4.23. The van der Waals surface area contributed by atoms with E-state index >= 15 is 0 Å². The SMILES string of the molecule is C=c1cccc/c1=c1\cccc\c1=C(\C)N. The van der Waals surface area contributed by atoms with Gasteiger partial charge in [-0.2, -0.15) is 0 Å². The minimum absolute atomic E-state index is 0.832. The summed E-state index contributed by atoms with van der Waals surface area (Å²) in [6.07, 6.45) is 0. The van der Waals surface area contributed by atoms with E-state index in [4.69, 9.17) is 5.73 Å². The van der Waals surface area contributed by atoms with Gasteiger partial charge in [-0.25, -0.2) is 0 Å². The average molecular weight is 209 g/mol. The van der Waals surface area contributed by atoms with Crippen molar-refractivity contribution in [2.75, 3.05) is 0 Å². The first-order chi connectivity index (χ1) is 7.70. The van der Waals surface area contributed by atoms with E-state index in [0.29, 0.717) is 0 Å². The Bertz CT molecular complexity index is 695. The molecule has 80 valence electrons. The smallest absolute Gasteiger partial charge is 0.0129 e. The third-order valence-electron chi connectivity index (χ3n) is 2.66. The van der Waals surface area contributed by atoms with Crippen LogP contribution in [0.3, 0.4) is 0 Å². The van der Waals surface area contributed by atoms with E-state index < -0.39 is 0 Å². The first-order valence-electron chi connectivity index (χ1n) is 5.30. The molecular weight excluding hydrogens is 194 g/mol. The lowest BCUT2D eigenvalue weighted by Gasteiger charge is -1.95. The summed E-state index contributed by atoms with van der Waals surface area (Å²) < 4.78 is 0. The zero-order valence-electron chi connectivity index (χ0n) is 9.40. The maximum atomic E-state index is 5.90. The minimum atomic E-state index is 0.832. The van der Waals surface area contributed by atoms with Crippen molar-refractivity contribution >= 4 is 12.3 Å².